The third-order valence-corrected chi connectivity index (χ3v) is 1.82. The van der Waals surface area contributed by atoms with Crippen LogP contribution in [0, 0.1) is 12.5 Å². The Bertz CT molecular complexity index is 75.7. The van der Waals surface area contributed by atoms with Crippen molar-refractivity contribution >= 4 is 0 Å². The van der Waals surface area contributed by atoms with E-state index in [4.69, 9.17) is 4.84 Å². The first kappa shape index (κ1) is 9.92. The van der Waals surface area contributed by atoms with Gasteiger partial charge in [-0.3, -0.25) is 4.84 Å². The highest BCUT2D eigenvalue weighted by molar-refractivity contribution is 4.57. The summed E-state index contributed by atoms with van der Waals surface area (Å²) in [4.78, 5) is 5.24. The second-order valence-corrected chi connectivity index (χ2v) is 2.62. The topological polar surface area (TPSA) is 21.3 Å². The summed E-state index contributed by atoms with van der Waals surface area (Å²) in [6, 6.07) is 0. The van der Waals surface area contributed by atoms with Crippen molar-refractivity contribution in [3.8, 4) is 0 Å². The van der Waals surface area contributed by atoms with Gasteiger partial charge in [0.1, 0.15) is 0 Å². The van der Waals surface area contributed by atoms with Crippen molar-refractivity contribution in [2.75, 3.05) is 0 Å². The number of hydroxylamine groups is 1. The molecule has 0 rings (SSSR count). The minimum atomic E-state index is 0.293. The lowest BCUT2D eigenvalue weighted by Gasteiger charge is -2.17. The van der Waals surface area contributed by atoms with Gasteiger partial charge in [0.25, 0.3) is 0 Å². The van der Waals surface area contributed by atoms with Crippen molar-refractivity contribution in [1.29, 1.82) is 0 Å². The summed E-state index contributed by atoms with van der Waals surface area (Å²) in [7, 11) is 0. The molecule has 1 radical (unpaired) electrons. The summed E-state index contributed by atoms with van der Waals surface area (Å²) in [5, 5.41) is 0. The van der Waals surface area contributed by atoms with Gasteiger partial charge in [0.05, 0.1) is 6.10 Å². The maximum Gasteiger partial charge on any atom is 0.0787 e. The van der Waals surface area contributed by atoms with Crippen molar-refractivity contribution in [3.63, 3.8) is 0 Å². The Morgan fingerprint density at radius 1 is 1.50 bits per heavy atom. The average molecular weight is 144 g/mol. The zero-order valence-corrected chi connectivity index (χ0v) is 7.35. The van der Waals surface area contributed by atoms with Gasteiger partial charge in [0.15, 0.2) is 0 Å². The molecular formula is C8H18NO. The van der Waals surface area contributed by atoms with Gasteiger partial charge in [-0.05, 0) is 19.8 Å². The van der Waals surface area contributed by atoms with Crippen LogP contribution in [0.3, 0.4) is 0 Å². The van der Waals surface area contributed by atoms with Gasteiger partial charge in [0.2, 0.25) is 0 Å². The van der Waals surface area contributed by atoms with E-state index in [9.17, 15) is 0 Å². The van der Waals surface area contributed by atoms with Crippen LogP contribution in [0.15, 0.2) is 0 Å². The molecule has 0 aromatic heterocycles. The molecule has 0 saturated heterocycles. The molecule has 61 valence electrons. The standard InChI is InChI=1S/C8H18NO/c1-5-7(3)8(4)10-9-6-2/h6-9H,5H2,1-4H3. The van der Waals surface area contributed by atoms with Crippen LogP contribution in [0.5, 0.6) is 0 Å². The van der Waals surface area contributed by atoms with E-state index in [1.807, 2.05) is 6.92 Å². The van der Waals surface area contributed by atoms with Crippen LogP contribution in [0.4, 0.5) is 0 Å². The highest BCUT2D eigenvalue weighted by Gasteiger charge is 2.09. The summed E-state index contributed by atoms with van der Waals surface area (Å²) in [5.74, 6) is 0.618. The molecule has 0 heterocycles. The highest BCUT2D eigenvalue weighted by Crippen LogP contribution is 2.08. The Kier molecular flexibility index (Phi) is 5.64. The van der Waals surface area contributed by atoms with E-state index in [1.54, 1.807) is 6.54 Å². The van der Waals surface area contributed by atoms with Gasteiger partial charge in [-0.2, -0.15) is 5.48 Å². The van der Waals surface area contributed by atoms with Crippen molar-refractivity contribution in [3.05, 3.63) is 6.54 Å². The normalized spacial score (nSPS) is 16.8. The number of rotatable bonds is 5. The molecule has 0 fully saturated rings. The minimum absolute atomic E-state index is 0.293. The van der Waals surface area contributed by atoms with Crippen LogP contribution in [0.1, 0.15) is 34.1 Å². The number of nitrogens with one attached hydrogen (secondary N) is 1. The van der Waals surface area contributed by atoms with Gasteiger partial charge in [-0.25, -0.2) is 0 Å². The van der Waals surface area contributed by atoms with E-state index in [0.29, 0.717) is 12.0 Å². The minimum Gasteiger partial charge on any atom is -0.298 e. The van der Waals surface area contributed by atoms with Crippen LogP contribution in [0.2, 0.25) is 0 Å². The molecule has 2 heteroatoms. The lowest BCUT2D eigenvalue weighted by Crippen LogP contribution is -2.24. The van der Waals surface area contributed by atoms with Crippen molar-refractivity contribution in [2.24, 2.45) is 5.92 Å². The summed E-state index contributed by atoms with van der Waals surface area (Å²) in [6.45, 7) is 10.1. The van der Waals surface area contributed by atoms with Crippen LogP contribution in [-0.4, -0.2) is 6.10 Å². The first-order valence-corrected chi connectivity index (χ1v) is 3.91. The van der Waals surface area contributed by atoms with Gasteiger partial charge in [0, 0.05) is 6.54 Å². The third-order valence-electron chi connectivity index (χ3n) is 1.82. The van der Waals surface area contributed by atoms with E-state index in [-0.39, 0.29) is 0 Å². The predicted octanol–water partition coefficient (Wildman–Crippen LogP) is 2.12. The van der Waals surface area contributed by atoms with E-state index >= 15 is 0 Å². The molecule has 0 aromatic rings. The lowest BCUT2D eigenvalue weighted by atomic mass is 10.0. The van der Waals surface area contributed by atoms with Crippen molar-refractivity contribution in [1.82, 2.24) is 5.48 Å². The number of hydrogen-bond donors (Lipinski definition) is 1. The summed E-state index contributed by atoms with van der Waals surface area (Å²) in [5.41, 5.74) is 2.74. The fourth-order valence-corrected chi connectivity index (χ4v) is 0.623. The fourth-order valence-electron chi connectivity index (χ4n) is 0.623. The Morgan fingerprint density at radius 3 is 2.50 bits per heavy atom. The van der Waals surface area contributed by atoms with E-state index in [1.165, 1.54) is 0 Å². The van der Waals surface area contributed by atoms with Gasteiger partial charge >= 0.3 is 0 Å². The Morgan fingerprint density at radius 2 is 2.10 bits per heavy atom. The fraction of sp³-hybridized carbons (Fsp3) is 0.875. The summed E-state index contributed by atoms with van der Waals surface area (Å²) in [6.07, 6.45) is 1.45. The molecule has 0 aromatic carbocycles. The van der Waals surface area contributed by atoms with Crippen LogP contribution < -0.4 is 5.48 Å². The van der Waals surface area contributed by atoms with Crippen LogP contribution >= 0.6 is 0 Å². The summed E-state index contributed by atoms with van der Waals surface area (Å²) < 4.78 is 0. The molecule has 0 aliphatic heterocycles. The maximum absolute atomic E-state index is 5.24. The molecule has 0 saturated carbocycles. The maximum atomic E-state index is 5.24. The molecule has 0 bridgehead atoms. The highest BCUT2D eigenvalue weighted by atomic mass is 16.7. The zero-order chi connectivity index (χ0) is 7.98. The lowest BCUT2D eigenvalue weighted by molar-refractivity contribution is -0.0282. The Hall–Kier alpha value is -0.0800. The summed E-state index contributed by atoms with van der Waals surface area (Å²) >= 11 is 0. The first-order chi connectivity index (χ1) is 4.72. The molecule has 0 aliphatic rings. The quantitative estimate of drug-likeness (QED) is 0.597. The Labute approximate surface area is 63.9 Å². The van der Waals surface area contributed by atoms with Crippen LogP contribution in [0.25, 0.3) is 0 Å². The molecule has 10 heavy (non-hydrogen) atoms. The van der Waals surface area contributed by atoms with Gasteiger partial charge in [-0.15, -0.1) is 0 Å². The van der Waals surface area contributed by atoms with E-state index in [2.05, 4.69) is 26.3 Å². The smallest absolute Gasteiger partial charge is 0.0787 e. The molecule has 0 aliphatic carbocycles. The van der Waals surface area contributed by atoms with Crippen LogP contribution in [-0.2, 0) is 4.84 Å². The van der Waals surface area contributed by atoms with Crippen molar-refractivity contribution in [2.45, 2.75) is 40.2 Å². The monoisotopic (exact) mass is 144 g/mol. The predicted molar refractivity (Wildman–Crippen MR) is 43.1 cm³/mol. The van der Waals surface area contributed by atoms with Gasteiger partial charge in [-0.1, -0.05) is 20.3 Å². The molecule has 2 atom stereocenters. The SMILES string of the molecule is C[CH]NOC(C)C(C)CC. The second-order valence-electron chi connectivity index (χ2n) is 2.62. The molecule has 0 spiro atoms. The van der Waals surface area contributed by atoms with E-state index in [0.717, 1.165) is 6.42 Å². The number of hydrogen-bond acceptors (Lipinski definition) is 2. The zero-order valence-electron chi connectivity index (χ0n) is 7.35. The molecule has 0 amide bonds. The van der Waals surface area contributed by atoms with Crippen molar-refractivity contribution < 1.29 is 4.84 Å². The second kappa shape index (κ2) is 5.69. The third kappa shape index (κ3) is 3.85. The van der Waals surface area contributed by atoms with Gasteiger partial charge < -0.3 is 0 Å². The largest absolute Gasteiger partial charge is 0.298 e. The molecule has 2 unspecified atom stereocenters. The first-order valence-electron chi connectivity index (χ1n) is 3.91. The molecule has 1 N–H and O–H groups in total. The Balaban J connectivity index is 3.31. The average Bonchev–Trinajstić information content (AvgIpc) is 1.98. The van der Waals surface area contributed by atoms with E-state index < -0.39 is 0 Å². The molecular weight excluding hydrogens is 126 g/mol. The molecule has 2 nitrogen and oxygen atoms in total.